The van der Waals surface area contributed by atoms with Crippen LogP contribution in [0.15, 0.2) is 30.3 Å². The molecule has 0 aliphatic carbocycles. The average molecular weight is 369 g/mol. The molecule has 0 bridgehead atoms. The Bertz CT molecular complexity index is 633. The summed E-state index contributed by atoms with van der Waals surface area (Å²) in [6, 6.07) is 8.29. The normalized spacial score (nSPS) is 22.6. The molecule has 1 aromatic carbocycles. The molecule has 138 valence electrons. The molecule has 3 unspecified atom stereocenters. The lowest BCUT2D eigenvalue weighted by molar-refractivity contribution is -0.145. The van der Waals surface area contributed by atoms with Gasteiger partial charge in [-0.3, -0.25) is 19.7 Å². The van der Waals surface area contributed by atoms with Crippen LogP contribution in [0.5, 0.6) is 0 Å². The number of hydrogen-bond acceptors (Lipinski definition) is 5. The Labute approximate surface area is 150 Å². The third-order valence-electron chi connectivity index (χ3n) is 4.08. The van der Waals surface area contributed by atoms with E-state index in [1.807, 2.05) is 30.3 Å². The fourth-order valence-corrected chi connectivity index (χ4v) is 4.37. The Kier molecular flexibility index (Phi) is 7.16. The van der Waals surface area contributed by atoms with Crippen LogP contribution < -0.4 is 5.32 Å². The molecule has 25 heavy (non-hydrogen) atoms. The maximum Gasteiger partial charge on any atom is 0.322 e. The maximum atomic E-state index is 12.2. The molecule has 0 spiro atoms. The third kappa shape index (κ3) is 5.29. The highest BCUT2D eigenvalue weighted by atomic mass is 32.2. The van der Waals surface area contributed by atoms with Crippen LogP contribution >= 0.6 is 11.8 Å². The monoisotopic (exact) mass is 369 g/mol. The van der Waals surface area contributed by atoms with Crippen molar-refractivity contribution in [1.29, 1.82) is 0 Å². The van der Waals surface area contributed by atoms with E-state index in [1.54, 1.807) is 13.8 Å². The molecule has 7 nitrogen and oxygen atoms in total. The smallest absolute Gasteiger partial charge is 0.322 e. The van der Waals surface area contributed by atoms with E-state index in [1.165, 1.54) is 11.8 Å². The fraction of sp³-hybridized carbons (Fsp3) is 0.471. The molecule has 2 rings (SSSR count). The number of carbonyl (C=O) groups is 3. The Morgan fingerprint density at radius 3 is 2.28 bits per heavy atom. The first-order valence-corrected chi connectivity index (χ1v) is 8.54. The Balaban J connectivity index is 0.00000312. The molecule has 1 fully saturated rings. The van der Waals surface area contributed by atoms with Crippen molar-refractivity contribution in [3.63, 3.8) is 0 Å². The van der Waals surface area contributed by atoms with Gasteiger partial charge in [0.25, 0.3) is 0 Å². The number of rotatable bonds is 7. The van der Waals surface area contributed by atoms with Crippen molar-refractivity contribution < 1.29 is 30.1 Å². The number of thioether (sulfide) groups is 1. The first-order chi connectivity index (χ1) is 11.2. The zero-order valence-electron chi connectivity index (χ0n) is 14.1. The van der Waals surface area contributed by atoms with E-state index in [-0.39, 0.29) is 24.1 Å². The van der Waals surface area contributed by atoms with Crippen molar-refractivity contribution in [3.8, 4) is 0 Å². The van der Waals surface area contributed by atoms with E-state index < -0.39 is 34.0 Å². The fourth-order valence-electron chi connectivity index (χ4n) is 2.83. The van der Waals surface area contributed by atoms with Crippen molar-refractivity contribution in [2.75, 3.05) is 0 Å². The lowest BCUT2D eigenvalue weighted by Crippen LogP contribution is -2.46. The minimum atomic E-state index is -1.09. The molecule has 1 aliphatic heterocycles. The van der Waals surface area contributed by atoms with Gasteiger partial charge in [0.2, 0.25) is 0 Å². The number of hydrogen-bond donors (Lipinski definition) is 3. The number of ketones is 1. The summed E-state index contributed by atoms with van der Waals surface area (Å²) in [4.78, 5) is 35.2. The maximum absolute atomic E-state index is 12.2. The zero-order chi connectivity index (χ0) is 17.9. The molecule has 0 saturated carbocycles. The summed E-state index contributed by atoms with van der Waals surface area (Å²) in [6.07, 6.45) is 0.0467. The van der Waals surface area contributed by atoms with E-state index in [4.69, 9.17) is 0 Å². The molecule has 3 atom stereocenters. The molecule has 0 amide bonds. The predicted octanol–water partition coefficient (Wildman–Crippen LogP) is 0.959. The van der Waals surface area contributed by atoms with Gasteiger partial charge in [0.15, 0.2) is 0 Å². The summed E-state index contributed by atoms with van der Waals surface area (Å²) >= 11 is 1.26. The standard InChI is InChI=1S/C17H21NO5S.H2O/c1-17(2)13(16(22)23)18-14(24-17)12(15(20)21)9-11(19)8-10-6-4-3-5-7-10;/h3-7,12-14,18H,8-9H2,1-2H3,(H,20,21)(H,22,23);1H2. The second kappa shape index (κ2) is 8.46. The van der Waals surface area contributed by atoms with Crippen molar-refractivity contribution in [2.45, 2.75) is 42.9 Å². The minimum Gasteiger partial charge on any atom is -0.481 e. The van der Waals surface area contributed by atoms with Crippen LogP contribution in [0.1, 0.15) is 25.8 Å². The Hall–Kier alpha value is -1.90. The predicted molar refractivity (Wildman–Crippen MR) is 94.5 cm³/mol. The Morgan fingerprint density at radius 1 is 1.20 bits per heavy atom. The summed E-state index contributed by atoms with van der Waals surface area (Å²) in [7, 11) is 0. The second-order valence-electron chi connectivity index (χ2n) is 6.43. The molecular formula is C17H23NO6S. The van der Waals surface area contributed by atoms with Gasteiger partial charge >= 0.3 is 11.9 Å². The number of carboxylic acid groups (broad SMARTS) is 2. The highest BCUT2D eigenvalue weighted by Gasteiger charge is 2.49. The van der Waals surface area contributed by atoms with Crippen LogP contribution in [0.3, 0.4) is 0 Å². The minimum absolute atomic E-state index is 0. The van der Waals surface area contributed by atoms with Crippen LogP contribution in [0.2, 0.25) is 0 Å². The van der Waals surface area contributed by atoms with Crippen molar-refractivity contribution in [2.24, 2.45) is 5.92 Å². The lowest BCUT2D eigenvalue weighted by atomic mass is 9.97. The number of benzene rings is 1. The van der Waals surface area contributed by atoms with Crippen LogP contribution in [0, 0.1) is 5.92 Å². The largest absolute Gasteiger partial charge is 0.481 e. The molecule has 1 heterocycles. The molecule has 0 aromatic heterocycles. The van der Waals surface area contributed by atoms with Crippen LogP contribution in [-0.4, -0.2) is 49.6 Å². The van der Waals surface area contributed by atoms with Gasteiger partial charge in [-0.25, -0.2) is 0 Å². The van der Waals surface area contributed by atoms with E-state index in [9.17, 15) is 24.6 Å². The van der Waals surface area contributed by atoms with Gasteiger partial charge in [0.05, 0.1) is 11.3 Å². The quantitative estimate of drug-likeness (QED) is 0.651. The summed E-state index contributed by atoms with van der Waals surface area (Å²) in [6.45, 7) is 3.52. The van der Waals surface area contributed by atoms with E-state index in [0.717, 1.165) is 5.56 Å². The second-order valence-corrected chi connectivity index (χ2v) is 8.23. The summed E-state index contributed by atoms with van der Waals surface area (Å²) in [5, 5.41) is 21.0. The van der Waals surface area contributed by atoms with Gasteiger partial charge in [-0.1, -0.05) is 30.3 Å². The molecule has 0 radical (unpaired) electrons. The van der Waals surface area contributed by atoms with Crippen LogP contribution in [-0.2, 0) is 20.8 Å². The van der Waals surface area contributed by atoms with Crippen molar-refractivity contribution in [3.05, 3.63) is 35.9 Å². The molecule has 1 aliphatic rings. The van der Waals surface area contributed by atoms with E-state index in [0.29, 0.717) is 0 Å². The highest BCUT2D eigenvalue weighted by molar-refractivity contribution is 8.01. The summed E-state index contributed by atoms with van der Waals surface area (Å²) in [5.74, 6) is -3.25. The summed E-state index contributed by atoms with van der Waals surface area (Å²) < 4.78 is -0.646. The number of nitrogens with one attached hydrogen (secondary N) is 1. The van der Waals surface area contributed by atoms with Gasteiger partial charge in [-0.15, -0.1) is 11.8 Å². The number of carboxylic acids is 2. The van der Waals surface area contributed by atoms with Gasteiger partial charge in [0, 0.05) is 17.6 Å². The average Bonchev–Trinajstić information content (AvgIpc) is 2.81. The SMILES string of the molecule is CC1(C)SC(C(CC(=O)Cc2ccccc2)C(=O)O)NC1C(=O)O.O. The van der Waals surface area contributed by atoms with Gasteiger partial charge in [-0.05, 0) is 19.4 Å². The van der Waals surface area contributed by atoms with Crippen molar-refractivity contribution >= 4 is 29.5 Å². The molecular weight excluding hydrogens is 346 g/mol. The number of aliphatic carboxylic acids is 2. The van der Waals surface area contributed by atoms with Gasteiger partial charge < -0.3 is 15.7 Å². The van der Waals surface area contributed by atoms with Crippen LogP contribution in [0.4, 0.5) is 0 Å². The number of carbonyl (C=O) groups excluding carboxylic acids is 1. The topological polar surface area (TPSA) is 135 Å². The lowest BCUT2D eigenvalue weighted by Gasteiger charge is -2.21. The number of Topliss-reactive ketones (excluding diaryl/α,β-unsaturated/α-hetero) is 1. The van der Waals surface area contributed by atoms with E-state index in [2.05, 4.69) is 5.32 Å². The first kappa shape index (κ1) is 21.1. The third-order valence-corrected chi connectivity index (χ3v) is 5.64. The molecule has 8 heteroatoms. The van der Waals surface area contributed by atoms with Crippen LogP contribution in [0.25, 0.3) is 0 Å². The summed E-state index contributed by atoms with van der Waals surface area (Å²) in [5.41, 5.74) is 0.836. The van der Waals surface area contributed by atoms with E-state index >= 15 is 0 Å². The Morgan fingerprint density at radius 2 is 1.80 bits per heavy atom. The highest BCUT2D eigenvalue weighted by Crippen LogP contribution is 2.41. The van der Waals surface area contributed by atoms with Gasteiger partial charge in [-0.2, -0.15) is 0 Å². The first-order valence-electron chi connectivity index (χ1n) is 7.66. The molecule has 1 aromatic rings. The molecule has 5 N–H and O–H groups in total. The zero-order valence-corrected chi connectivity index (χ0v) is 14.9. The van der Waals surface area contributed by atoms with Gasteiger partial charge in [0.1, 0.15) is 11.8 Å². The molecule has 1 saturated heterocycles. The van der Waals surface area contributed by atoms with Crippen molar-refractivity contribution in [1.82, 2.24) is 5.32 Å².